The van der Waals surface area contributed by atoms with E-state index in [0.717, 1.165) is 38.0 Å². The first-order valence-electron chi connectivity index (χ1n) is 7.64. The minimum absolute atomic E-state index is 0.0116. The van der Waals surface area contributed by atoms with Crippen molar-refractivity contribution >= 4 is 11.7 Å². The Morgan fingerprint density at radius 3 is 2.86 bits per heavy atom. The second-order valence-corrected chi connectivity index (χ2v) is 5.84. The van der Waals surface area contributed by atoms with E-state index in [-0.39, 0.29) is 22.7 Å². The van der Waals surface area contributed by atoms with Gasteiger partial charge in [-0.25, -0.2) is 4.79 Å². The number of nitro groups is 1. The summed E-state index contributed by atoms with van der Waals surface area (Å²) < 4.78 is 0. The Bertz CT molecular complexity index is 578. The number of benzene rings is 1. The van der Waals surface area contributed by atoms with Gasteiger partial charge in [0.25, 0.3) is 5.69 Å². The van der Waals surface area contributed by atoms with E-state index < -0.39 is 0 Å². The minimum atomic E-state index is -0.329. The first-order chi connectivity index (χ1) is 10.6. The maximum atomic E-state index is 11.8. The van der Waals surface area contributed by atoms with Gasteiger partial charge in [-0.15, -0.1) is 0 Å². The standard InChI is InChI=1S/C15H20N4O3/c20-15-16-7-9-18(15)13-5-3-8-17(11-13)10-12-4-1-2-6-14(12)19(21)22/h1-2,4,6,13H,3,5,7-11H2,(H,16,20)/t13-/m0/s1. The van der Waals surface area contributed by atoms with Crippen LogP contribution in [0, 0.1) is 10.1 Å². The van der Waals surface area contributed by atoms with E-state index in [1.807, 2.05) is 17.0 Å². The zero-order valence-corrected chi connectivity index (χ0v) is 12.4. The fraction of sp³-hybridized carbons (Fsp3) is 0.533. The highest BCUT2D eigenvalue weighted by Gasteiger charge is 2.31. The van der Waals surface area contributed by atoms with Crippen molar-refractivity contribution in [1.82, 2.24) is 15.1 Å². The Hall–Kier alpha value is -2.15. The highest BCUT2D eigenvalue weighted by molar-refractivity contribution is 5.76. The van der Waals surface area contributed by atoms with Crippen LogP contribution in [0.1, 0.15) is 18.4 Å². The first-order valence-corrected chi connectivity index (χ1v) is 7.64. The molecule has 1 atom stereocenters. The van der Waals surface area contributed by atoms with Crippen molar-refractivity contribution in [2.24, 2.45) is 0 Å². The predicted octanol–water partition coefficient (Wildman–Crippen LogP) is 1.58. The van der Waals surface area contributed by atoms with Crippen LogP contribution in [-0.4, -0.2) is 53.0 Å². The van der Waals surface area contributed by atoms with Crippen LogP contribution in [0.25, 0.3) is 0 Å². The van der Waals surface area contributed by atoms with Crippen molar-refractivity contribution in [3.8, 4) is 0 Å². The molecular formula is C15H20N4O3. The van der Waals surface area contributed by atoms with Gasteiger partial charge in [0.15, 0.2) is 0 Å². The van der Waals surface area contributed by atoms with Gasteiger partial charge >= 0.3 is 6.03 Å². The largest absolute Gasteiger partial charge is 0.336 e. The Labute approximate surface area is 129 Å². The van der Waals surface area contributed by atoms with Gasteiger partial charge < -0.3 is 10.2 Å². The SMILES string of the molecule is O=C1NCCN1[C@H]1CCCN(Cc2ccccc2[N+](=O)[O-])C1. The topological polar surface area (TPSA) is 78.7 Å². The fourth-order valence-electron chi connectivity index (χ4n) is 3.33. The highest BCUT2D eigenvalue weighted by atomic mass is 16.6. The number of carbonyl (C=O) groups is 1. The molecule has 1 aromatic carbocycles. The van der Waals surface area contributed by atoms with Gasteiger partial charge in [0.2, 0.25) is 0 Å². The number of amides is 2. The van der Waals surface area contributed by atoms with Gasteiger partial charge in [-0.1, -0.05) is 18.2 Å². The summed E-state index contributed by atoms with van der Waals surface area (Å²) in [5.41, 5.74) is 0.905. The number of para-hydroxylation sites is 1. The Morgan fingerprint density at radius 1 is 1.32 bits per heavy atom. The van der Waals surface area contributed by atoms with Crippen LogP contribution < -0.4 is 5.32 Å². The first kappa shape index (κ1) is 14.8. The van der Waals surface area contributed by atoms with Crippen LogP contribution in [0.4, 0.5) is 10.5 Å². The molecule has 2 saturated heterocycles. The third kappa shape index (κ3) is 3.04. The molecule has 118 valence electrons. The summed E-state index contributed by atoms with van der Waals surface area (Å²) in [6.07, 6.45) is 2.01. The second kappa shape index (κ2) is 6.31. The molecule has 2 amide bonds. The van der Waals surface area contributed by atoms with E-state index in [0.29, 0.717) is 13.1 Å². The van der Waals surface area contributed by atoms with Crippen LogP contribution in [0.15, 0.2) is 24.3 Å². The van der Waals surface area contributed by atoms with Crippen molar-refractivity contribution in [3.63, 3.8) is 0 Å². The molecule has 0 aromatic heterocycles. The van der Waals surface area contributed by atoms with E-state index in [9.17, 15) is 14.9 Å². The fourth-order valence-corrected chi connectivity index (χ4v) is 3.33. The van der Waals surface area contributed by atoms with E-state index >= 15 is 0 Å². The van der Waals surface area contributed by atoms with Crippen LogP contribution in [0.5, 0.6) is 0 Å². The number of nitro benzene ring substituents is 1. The lowest BCUT2D eigenvalue weighted by molar-refractivity contribution is -0.385. The molecule has 1 aromatic rings. The lowest BCUT2D eigenvalue weighted by Crippen LogP contribution is -2.48. The minimum Gasteiger partial charge on any atom is -0.336 e. The third-order valence-electron chi connectivity index (χ3n) is 4.39. The molecule has 0 unspecified atom stereocenters. The number of rotatable bonds is 4. The summed E-state index contributed by atoms with van der Waals surface area (Å²) in [6.45, 7) is 3.71. The number of nitrogens with zero attached hydrogens (tertiary/aromatic N) is 3. The molecule has 0 spiro atoms. The van der Waals surface area contributed by atoms with Gasteiger partial charge in [0, 0.05) is 43.9 Å². The lowest BCUT2D eigenvalue weighted by atomic mass is 10.0. The molecule has 0 saturated carbocycles. The molecule has 7 heteroatoms. The number of piperidine rings is 1. The Morgan fingerprint density at radius 2 is 2.14 bits per heavy atom. The Balaban J connectivity index is 1.68. The average Bonchev–Trinajstić information content (AvgIpc) is 2.94. The number of hydrogen-bond acceptors (Lipinski definition) is 4. The summed E-state index contributed by atoms with van der Waals surface area (Å²) in [5, 5.41) is 13.9. The normalized spacial score (nSPS) is 22.6. The summed E-state index contributed by atoms with van der Waals surface area (Å²) in [5.74, 6) is 0. The summed E-state index contributed by atoms with van der Waals surface area (Å²) in [6, 6.07) is 7.10. The van der Waals surface area contributed by atoms with Gasteiger partial charge in [-0.05, 0) is 19.4 Å². The zero-order valence-electron chi connectivity index (χ0n) is 12.4. The van der Waals surface area contributed by atoms with E-state index in [4.69, 9.17) is 0 Å². The van der Waals surface area contributed by atoms with Crippen molar-refractivity contribution in [3.05, 3.63) is 39.9 Å². The van der Waals surface area contributed by atoms with Crippen molar-refractivity contribution in [2.75, 3.05) is 26.2 Å². The van der Waals surface area contributed by atoms with Gasteiger partial charge in [-0.2, -0.15) is 0 Å². The molecular weight excluding hydrogens is 284 g/mol. The van der Waals surface area contributed by atoms with E-state index in [1.54, 1.807) is 12.1 Å². The third-order valence-corrected chi connectivity index (χ3v) is 4.39. The summed E-state index contributed by atoms with van der Waals surface area (Å²) in [7, 11) is 0. The number of urea groups is 1. The molecule has 2 aliphatic heterocycles. The van der Waals surface area contributed by atoms with Crippen LogP contribution in [0.3, 0.4) is 0 Å². The van der Waals surface area contributed by atoms with Crippen LogP contribution >= 0.6 is 0 Å². The number of carbonyl (C=O) groups excluding carboxylic acids is 1. The molecule has 1 N–H and O–H groups in total. The maximum Gasteiger partial charge on any atom is 0.317 e. The predicted molar refractivity (Wildman–Crippen MR) is 81.5 cm³/mol. The molecule has 0 aliphatic carbocycles. The zero-order chi connectivity index (χ0) is 15.5. The quantitative estimate of drug-likeness (QED) is 0.676. The van der Waals surface area contributed by atoms with E-state index in [1.165, 1.54) is 0 Å². The lowest BCUT2D eigenvalue weighted by Gasteiger charge is -2.37. The Kier molecular flexibility index (Phi) is 4.24. The molecule has 7 nitrogen and oxygen atoms in total. The molecule has 2 fully saturated rings. The molecule has 0 bridgehead atoms. The van der Waals surface area contributed by atoms with Crippen molar-refractivity contribution < 1.29 is 9.72 Å². The van der Waals surface area contributed by atoms with Crippen molar-refractivity contribution in [1.29, 1.82) is 0 Å². The van der Waals surface area contributed by atoms with Gasteiger partial charge in [0.05, 0.1) is 4.92 Å². The van der Waals surface area contributed by atoms with Crippen LogP contribution in [-0.2, 0) is 6.54 Å². The van der Waals surface area contributed by atoms with Gasteiger partial charge in [-0.3, -0.25) is 15.0 Å². The maximum absolute atomic E-state index is 11.8. The molecule has 2 heterocycles. The number of nitrogens with one attached hydrogen (secondary N) is 1. The van der Waals surface area contributed by atoms with E-state index in [2.05, 4.69) is 10.2 Å². The summed E-state index contributed by atoms with van der Waals surface area (Å²) in [4.78, 5) is 26.7. The molecule has 3 rings (SSSR count). The van der Waals surface area contributed by atoms with Crippen molar-refractivity contribution in [2.45, 2.75) is 25.4 Å². The number of hydrogen-bond donors (Lipinski definition) is 1. The smallest absolute Gasteiger partial charge is 0.317 e. The van der Waals surface area contributed by atoms with Gasteiger partial charge in [0.1, 0.15) is 0 Å². The molecule has 22 heavy (non-hydrogen) atoms. The molecule has 2 aliphatic rings. The monoisotopic (exact) mass is 304 g/mol. The second-order valence-electron chi connectivity index (χ2n) is 5.84. The number of likely N-dealkylation sites (tertiary alicyclic amines) is 1. The summed E-state index contributed by atoms with van der Waals surface area (Å²) >= 11 is 0. The van der Waals surface area contributed by atoms with Crippen LogP contribution in [0.2, 0.25) is 0 Å². The molecule has 0 radical (unpaired) electrons. The average molecular weight is 304 g/mol. The highest BCUT2D eigenvalue weighted by Crippen LogP contribution is 2.23.